The maximum atomic E-state index is 14.5. The zero-order valence-corrected chi connectivity index (χ0v) is 32.9. The third kappa shape index (κ3) is 9.27. The average molecular weight is 818 g/mol. The Labute approximate surface area is 336 Å². The molecule has 2 aliphatic carbocycles. The molecule has 3 aromatic rings. The molecule has 0 bridgehead atoms. The van der Waals surface area contributed by atoms with Crippen molar-refractivity contribution >= 4 is 50.7 Å². The van der Waals surface area contributed by atoms with Crippen molar-refractivity contribution in [1.82, 2.24) is 25.2 Å². The lowest BCUT2D eigenvalue weighted by Crippen LogP contribution is -2.66. The predicted molar refractivity (Wildman–Crippen MR) is 210 cm³/mol. The SMILES string of the molecule is O=C(N[C@H]1CCCCC/C=C/C2C[C@]2(C(=O)NS(=O)(=O)c2cccc(F)c2)NC(=O)[C@@H]2CN(C(=O)OCc3cccc4ccccc34)CCN2C1=O)OC1CCCC1. The number of ether oxygens (including phenoxy) is 2. The van der Waals surface area contributed by atoms with Gasteiger partial charge in [0.2, 0.25) is 11.8 Å². The predicted octanol–water partition coefficient (Wildman–Crippen LogP) is 5.07. The summed E-state index contributed by atoms with van der Waals surface area (Å²) in [6.07, 6.45) is 8.27. The molecule has 0 spiro atoms. The van der Waals surface area contributed by atoms with Crippen molar-refractivity contribution in [3.63, 3.8) is 0 Å². The monoisotopic (exact) mass is 817 g/mol. The first-order chi connectivity index (χ1) is 27.9. The molecule has 308 valence electrons. The number of sulfonamides is 1. The molecular formula is C42H48FN5O9S. The summed E-state index contributed by atoms with van der Waals surface area (Å²) in [7, 11) is -4.55. The lowest BCUT2D eigenvalue weighted by molar-refractivity contribution is -0.146. The van der Waals surface area contributed by atoms with Crippen LogP contribution >= 0.6 is 0 Å². The Hall–Kier alpha value is -5.51. The summed E-state index contributed by atoms with van der Waals surface area (Å²) in [6, 6.07) is 15.1. The van der Waals surface area contributed by atoms with Gasteiger partial charge in [0, 0.05) is 19.0 Å². The molecule has 2 aliphatic heterocycles. The lowest BCUT2D eigenvalue weighted by atomic mass is 10.0. The molecule has 3 fully saturated rings. The number of carbonyl (C=O) groups excluding carboxylic acids is 5. The summed E-state index contributed by atoms with van der Waals surface area (Å²) in [4.78, 5) is 71.8. The average Bonchev–Trinajstić information content (AvgIpc) is 3.66. The van der Waals surface area contributed by atoms with E-state index in [4.69, 9.17) is 9.47 Å². The summed E-state index contributed by atoms with van der Waals surface area (Å²) >= 11 is 0. The molecule has 5 amide bonds. The Balaban J connectivity index is 1.15. The maximum absolute atomic E-state index is 14.5. The van der Waals surface area contributed by atoms with Crippen LogP contribution in [0.1, 0.15) is 69.8 Å². The molecule has 3 aromatic carbocycles. The zero-order valence-electron chi connectivity index (χ0n) is 32.1. The number of nitrogens with one attached hydrogen (secondary N) is 3. The third-order valence-corrected chi connectivity index (χ3v) is 12.8. The maximum Gasteiger partial charge on any atom is 0.410 e. The number of allylic oxidation sites excluding steroid dienone is 1. The van der Waals surface area contributed by atoms with E-state index in [1.54, 1.807) is 6.08 Å². The molecule has 2 heterocycles. The highest BCUT2D eigenvalue weighted by Gasteiger charge is 2.61. The van der Waals surface area contributed by atoms with E-state index in [0.29, 0.717) is 19.3 Å². The number of halogens is 1. The van der Waals surface area contributed by atoms with E-state index in [1.807, 2.05) is 53.3 Å². The molecule has 0 radical (unpaired) electrons. The van der Waals surface area contributed by atoms with Crippen LogP contribution < -0.4 is 15.4 Å². The number of benzene rings is 3. The fourth-order valence-electron chi connectivity index (χ4n) is 8.12. The van der Waals surface area contributed by atoms with Crippen molar-refractivity contribution in [3.8, 4) is 0 Å². The molecule has 3 N–H and O–H groups in total. The van der Waals surface area contributed by atoms with Crippen LogP contribution in [0.2, 0.25) is 0 Å². The van der Waals surface area contributed by atoms with Crippen molar-refractivity contribution < 1.29 is 46.3 Å². The Morgan fingerprint density at radius 1 is 0.914 bits per heavy atom. The number of carbonyl (C=O) groups is 5. The first-order valence-electron chi connectivity index (χ1n) is 19.9. The van der Waals surface area contributed by atoms with Crippen LogP contribution in [0.5, 0.6) is 0 Å². The van der Waals surface area contributed by atoms with Crippen molar-refractivity contribution in [2.45, 2.75) is 99.4 Å². The summed E-state index contributed by atoms with van der Waals surface area (Å²) in [5.41, 5.74) is -0.956. The van der Waals surface area contributed by atoms with E-state index < -0.39 is 74.2 Å². The molecule has 16 heteroatoms. The summed E-state index contributed by atoms with van der Waals surface area (Å²) in [6.45, 7) is -0.466. The standard InChI is InChI=1S/C42H48FN5O9S/c43-31-16-11-19-33(24-31)58(54,55)46-39(51)42-25-30(42)15-4-2-1-3-5-21-35(44-40(52)57-32-17-7-8-18-32)38(50)48-23-22-47(26-36(48)37(49)45-42)41(53)56-27-29-14-10-13-28-12-6-9-20-34(28)29/h4,6,9-16,19-20,24,30,32,35-36H,1-3,5,7-8,17-18,21-23,25-27H2,(H,44,52)(H,45,49)(H,46,51)/b15-4+/t30?,35-,36-,42-/m0/s1. The highest BCUT2D eigenvalue weighted by Crippen LogP contribution is 2.45. The molecule has 7 rings (SSSR count). The highest BCUT2D eigenvalue weighted by atomic mass is 32.2. The molecule has 4 aliphatic rings. The molecule has 14 nitrogen and oxygen atoms in total. The second-order valence-electron chi connectivity index (χ2n) is 15.4. The van der Waals surface area contributed by atoms with E-state index in [0.717, 1.165) is 66.6 Å². The Bertz CT molecular complexity index is 2190. The quantitative estimate of drug-likeness (QED) is 0.275. The van der Waals surface area contributed by atoms with Crippen molar-refractivity contribution in [2.24, 2.45) is 5.92 Å². The molecule has 58 heavy (non-hydrogen) atoms. The van der Waals surface area contributed by atoms with Gasteiger partial charge in [-0.1, -0.05) is 73.5 Å². The van der Waals surface area contributed by atoms with Crippen LogP contribution in [0.15, 0.2) is 83.8 Å². The van der Waals surface area contributed by atoms with Crippen LogP contribution in [0.25, 0.3) is 10.8 Å². The number of fused-ring (bicyclic) bond motifs is 3. The van der Waals surface area contributed by atoms with Gasteiger partial charge in [0.15, 0.2) is 0 Å². The largest absolute Gasteiger partial charge is 0.446 e. The summed E-state index contributed by atoms with van der Waals surface area (Å²) < 4.78 is 53.9. The van der Waals surface area contributed by atoms with Gasteiger partial charge in [-0.3, -0.25) is 14.4 Å². The van der Waals surface area contributed by atoms with Crippen molar-refractivity contribution in [2.75, 3.05) is 19.6 Å². The van der Waals surface area contributed by atoms with E-state index in [9.17, 15) is 36.8 Å². The number of amides is 5. The normalized spacial score (nSPS) is 24.9. The van der Waals surface area contributed by atoms with Crippen molar-refractivity contribution in [1.29, 1.82) is 0 Å². The minimum absolute atomic E-state index is 0.00595. The summed E-state index contributed by atoms with van der Waals surface area (Å²) in [5.74, 6) is -3.81. The van der Waals surface area contributed by atoms with Crippen LogP contribution in [-0.2, 0) is 40.5 Å². The lowest BCUT2D eigenvalue weighted by Gasteiger charge is -2.41. The van der Waals surface area contributed by atoms with Crippen LogP contribution in [0.4, 0.5) is 14.0 Å². The number of alkyl carbamates (subject to hydrolysis) is 1. The van der Waals surface area contributed by atoms with Gasteiger partial charge < -0.3 is 29.9 Å². The van der Waals surface area contributed by atoms with Gasteiger partial charge in [0.25, 0.3) is 15.9 Å². The fourth-order valence-corrected chi connectivity index (χ4v) is 9.19. The van der Waals surface area contributed by atoms with E-state index in [-0.39, 0.29) is 45.2 Å². The molecule has 2 saturated carbocycles. The minimum Gasteiger partial charge on any atom is -0.446 e. The van der Waals surface area contributed by atoms with Gasteiger partial charge in [-0.05, 0) is 85.9 Å². The molecule has 1 unspecified atom stereocenters. The number of hydrogen-bond acceptors (Lipinski definition) is 9. The van der Waals surface area contributed by atoms with Gasteiger partial charge in [0.1, 0.15) is 36.2 Å². The third-order valence-electron chi connectivity index (χ3n) is 11.5. The van der Waals surface area contributed by atoms with Crippen molar-refractivity contribution in [3.05, 3.63) is 90.3 Å². The molecule has 1 saturated heterocycles. The van der Waals surface area contributed by atoms with Crippen LogP contribution in [-0.4, -0.2) is 91.5 Å². The highest BCUT2D eigenvalue weighted by molar-refractivity contribution is 7.90. The first-order valence-corrected chi connectivity index (χ1v) is 21.4. The summed E-state index contributed by atoms with van der Waals surface area (Å²) in [5, 5.41) is 7.39. The van der Waals surface area contributed by atoms with Gasteiger partial charge >= 0.3 is 12.2 Å². The smallest absolute Gasteiger partial charge is 0.410 e. The zero-order chi connectivity index (χ0) is 40.9. The molecule has 0 aromatic heterocycles. The van der Waals surface area contributed by atoms with Crippen LogP contribution in [0.3, 0.4) is 0 Å². The van der Waals surface area contributed by atoms with Gasteiger partial charge in [0.05, 0.1) is 11.4 Å². The van der Waals surface area contributed by atoms with Gasteiger partial charge in [-0.2, -0.15) is 0 Å². The van der Waals surface area contributed by atoms with E-state index in [1.165, 1.54) is 15.9 Å². The Kier molecular flexibility index (Phi) is 12.3. The number of rotatable bonds is 7. The van der Waals surface area contributed by atoms with E-state index in [2.05, 4.69) is 10.6 Å². The number of piperazine rings is 1. The van der Waals surface area contributed by atoms with Gasteiger partial charge in [-0.15, -0.1) is 0 Å². The van der Waals surface area contributed by atoms with Gasteiger partial charge in [-0.25, -0.2) is 27.1 Å². The number of nitrogens with zero attached hydrogens (tertiary/aromatic N) is 2. The first kappa shape index (κ1) is 40.7. The second kappa shape index (κ2) is 17.5. The Morgan fingerprint density at radius 3 is 2.48 bits per heavy atom. The Morgan fingerprint density at radius 2 is 1.67 bits per heavy atom. The topological polar surface area (TPSA) is 181 Å². The fraction of sp³-hybridized carbons (Fsp3) is 0.452. The minimum atomic E-state index is -4.55. The number of hydrogen-bond donors (Lipinski definition) is 3. The van der Waals surface area contributed by atoms with E-state index >= 15 is 0 Å². The van der Waals surface area contributed by atoms with Crippen LogP contribution in [0, 0.1) is 11.7 Å². The second-order valence-corrected chi connectivity index (χ2v) is 17.1. The molecule has 4 atom stereocenters. The molecular weight excluding hydrogens is 770 g/mol.